The highest BCUT2D eigenvalue weighted by atomic mass is 35.5. The van der Waals surface area contributed by atoms with Gasteiger partial charge in [0.05, 0.1) is 4.92 Å². The summed E-state index contributed by atoms with van der Waals surface area (Å²) < 4.78 is 5.04. The monoisotopic (exact) mass is 282 g/mol. The van der Waals surface area contributed by atoms with Crippen LogP contribution < -0.4 is 5.73 Å². The number of aromatic nitrogens is 2. The molecule has 19 heavy (non-hydrogen) atoms. The molecule has 0 spiro atoms. The second-order valence-corrected chi connectivity index (χ2v) is 4.59. The summed E-state index contributed by atoms with van der Waals surface area (Å²) in [4.78, 5) is 14.3. The standard InChI is InChI=1S/C11H11ClN4O3/c1-6(13)2-10-14-11(19-15-10)7-3-8(12)5-9(4-7)16(17)18/h3-6H,2,13H2,1H3. The van der Waals surface area contributed by atoms with E-state index in [1.54, 1.807) is 0 Å². The van der Waals surface area contributed by atoms with Crippen molar-refractivity contribution in [2.75, 3.05) is 0 Å². The molecule has 2 N–H and O–H groups in total. The van der Waals surface area contributed by atoms with E-state index in [4.69, 9.17) is 21.9 Å². The van der Waals surface area contributed by atoms with Gasteiger partial charge in [-0.2, -0.15) is 4.98 Å². The maximum Gasteiger partial charge on any atom is 0.271 e. The van der Waals surface area contributed by atoms with Crippen LogP contribution in [0.5, 0.6) is 0 Å². The van der Waals surface area contributed by atoms with Gasteiger partial charge in [0.2, 0.25) is 0 Å². The summed E-state index contributed by atoms with van der Waals surface area (Å²) in [6.07, 6.45) is 0.464. The van der Waals surface area contributed by atoms with Crippen molar-refractivity contribution in [2.45, 2.75) is 19.4 Å². The number of non-ortho nitro benzene ring substituents is 1. The fourth-order valence-corrected chi connectivity index (χ4v) is 1.77. The molecule has 0 aliphatic rings. The first-order valence-corrected chi connectivity index (χ1v) is 5.87. The molecule has 1 heterocycles. The Kier molecular flexibility index (Phi) is 3.77. The van der Waals surface area contributed by atoms with Crippen LogP contribution in [0.25, 0.3) is 11.5 Å². The lowest BCUT2D eigenvalue weighted by Gasteiger charge is -1.98. The first-order valence-electron chi connectivity index (χ1n) is 5.49. The summed E-state index contributed by atoms with van der Waals surface area (Å²) in [5.74, 6) is 0.633. The van der Waals surface area contributed by atoms with E-state index in [2.05, 4.69) is 10.1 Å². The minimum atomic E-state index is -0.533. The van der Waals surface area contributed by atoms with E-state index in [0.717, 1.165) is 0 Å². The van der Waals surface area contributed by atoms with Gasteiger partial charge in [-0.05, 0) is 13.0 Å². The first-order chi connectivity index (χ1) is 8.95. The zero-order valence-electron chi connectivity index (χ0n) is 10.0. The fraction of sp³-hybridized carbons (Fsp3) is 0.273. The van der Waals surface area contributed by atoms with Crippen molar-refractivity contribution < 1.29 is 9.45 Å². The third kappa shape index (κ3) is 3.27. The highest BCUT2D eigenvalue weighted by molar-refractivity contribution is 6.31. The number of nitrogens with two attached hydrogens (primary N) is 1. The van der Waals surface area contributed by atoms with Crippen molar-refractivity contribution in [3.05, 3.63) is 39.2 Å². The van der Waals surface area contributed by atoms with Crippen LogP contribution >= 0.6 is 11.6 Å². The van der Waals surface area contributed by atoms with Gasteiger partial charge in [-0.25, -0.2) is 0 Å². The molecule has 1 unspecified atom stereocenters. The van der Waals surface area contributed by atoms with E-state index < -0.39 is 4.92 Å². The average Bonchev–Trinajstić information content (AvgIpc) is 2.75. The van der Waals surface area contributed by atoms with Gasteiger partial charge in [0, 0.05) is 35.2 Å². The maximum absolute atomic E-state index is 10.8. The number of hydrogen-bond acceptors (Lipinski definition) is 6. The molecule has 0 aliphatic heterocycles. The summed E-state index contributed by atoms with van der Waals surface area (Å²) in [6.45, 7) is 1.82. The number of rotatable bonds is 4. The van der Waals surface area contributed by atoms with Gasteiger partial charge in [-0.1, -0.05) is 16.8 Å². The minimum absolute atomic E-state index is 0.0980. The molecule has 100 valence electrons. The van der Waals surface area contributed by atoms with Crippen LogP contribution in [0, 0.1) is 10.1 Å². The fourth-order valence-electron chi connectivity index (χ4n) is 1.55. The van der Waals surface area contributed by atoms with Crippen molar-refractivity contribution in [3.8, 4) is 11.5 Å². The minimum Gasteiger partial charge on any atom is -0.334 e. The topological polar surface area (TPSA) is 108 Å². The molecular weight excluding hydrogens is 272 g/mol. The number of halogens is 1. The Labute approximate surface area is 113 Å². The molecule has 0 saturated heterocycles. The molecule has 2 rings (SSSR count). The summed E-state index contributed by atoms with van der Waals surface area (Å²) in [5, 5.41) is 14.7. The van der Waals surface area contributed by atoms with Crippen LogP contribution in [0.3, 0.4) is 0 Å². The molecule has 0 saturated carbocycles. The van der Waals surface area contributed by atoms with Crippen molar-refractivity contribution in [2.24, 2.45) is 5.73 Å². The molecular formula is C11H11ClN4O3. The third-order valence-corrected chi connectivity index (χ3v) is 2.53. The quantitative estimate of drug-likeness (QED) is 0.680. The van der Waals surface area contributed by atoms with Gasteiger partial charge in [0.1, 0.15) is 0 Å². The lowest BCUT2D eigenvalue weighted by atomic mass is 10.2. The lowest BCUT2D eigenvalue weighted by Crippen LogP contribution is -2.18. The van der Waals surface area contributed by atoms with Crippen LogP contribution in [0.1, 0.15) is 12.7 Å². The average molecular weight is 283 g/mol. The van der Waals surface area contributed by atoms with Gasteiger partial charge in [0.15, 0.2) is 5.82 Å². The van der Waals surface area contributed by atoms with E-state index in [1.807, 2.05) is 6.92 Å². The molecule has 7 nitrogen and oxygen atoms in total. The highest BCUT2D eigenvalue weighted by Gasteiger charge is 2.15. The summed E-state index contributed by atoms with van der Waals surface area (Å²) in [6, 6.07) is 4.01. The Morgan fingerprint density at radius 3 is 2.89 bits per heavy atom. The SMILES string of the molecule is CC(N)Cc1noc(-c2cc(Cl)cc([N+](=O)[O-])c2)n1. The van der Waals surface area contributed by atoms with Crippen molar-refractivity contribution in [3.63, 3.8) is 0 Å². The van der Waals surface area contributed by atoms with E-state index in [-0.39, 0.29) is 22.6 Å². The number of benzene rings is 1. The Morgan fingerprint density at radius 2 is 2.26 bits per heavy atom. The smallest absolute Gasteiger partial charge is 0.271 e. The second kappa shape index (κ2) is 5.33. The Balaban J connectivity index is 2.36. The van der Waals surface area contributed by atoms with Gasteiger partial charge < -0.3 is 10.3 Å². The van der Waals surface area contributed by atoms with Gasteiger partial charge in [-0.15, -0.1) is 0 Å². The first kappa shape index (κ1) is 13.4. The van der Waals surface area contributed by atoms with Crippen LogP contribution in [-0.4, -0.2) is 21.1 Å². The van der Waals surface area contributed by atoms with Crippen molar-refractivity contribution >= 4 is 17.3 Å². The van der Waals surface area contributed by atoms with Crippen molar-refractivity contribution in [1.29, 1.82) is 0 Å². The predicted molar refractivity (Wildman–Crippen MR) is 68.8 cm³/mol. The number of nitrogens with zero attached hydrogens (tertiary/aromatic N) is 3. The highest BCUT2D eigenvalue weighted by Crippen LogP contribution is 2.27. The van der Waals surface area contributed by atoms with E-state index in [9.17, 15) is 10.1 Å². The van der Waals surface area contributed by atoms with Crippen LogP contribution in [-0.2, 0) is 6.42 Å². The van der Waals surface area contributed by atoms with Gasteiger partial charge >= 0.3 is 0 Å². The molecule has 0 bridgehead atoms. The van der Waals surface area contributed by atoms with Crippen LogP contribution in [0.4, 0.5) is 5.69 Å². The zero-order chi connectivity index (χ0) is 14.0. The molecule has 0 fully saturated rings. The van der Waals surface area contributed by atoms with E-state index in [0.29, 0.717) is 17.8 Å². The van der Waals surface area contributed by atoms with Crippen molar-refractivity contribution in [1.82, 2.24) is 10.1 Å². The molecule has 0 amide bonds. The Morgan fingerprint density at radius 1 is 1.53 bits per heavy atom. The summed E-state index contributed by atoms with van der Waals surface area (Å²) in [7, 11) is 0. The van der Waals surface area contributed by atoms with E-state index in [1.165, 1.54) is 18.2 Å². The van der Waals surface area contributed by atoms with Crippen LogP contribution in [0.15, 0.2) is 22.7 Å². The number of nitro groups is 1. The summed E-state index contributed by atoms with van der Waals surface area (Å²) in [5.41, 5.74) is 5.90. The maximum atomic E-state index is 10.8. The van der Waals surface area contributed by atoms with Crippen LogP contribution in [0.2, 0.25) is 5.02 Å². The Bertz CT molecular complexity index is 612. The predicted octanol–water partition coefficient (Wildman–Crippen LogP) is 2.19. The molecule has 1 aromatic carbocycles. The third-order valence-electron chi connectivity index (χ3n) is 2.31. The normalized spacial score (nSPS) is 12.4. The molecule has 0 aliphatic carbocycles. The molecule has 2 aromatic rings. The second-order valence-electron chi connectivity index (χ2n) is 4.15. The lowest BCUT2D eigenvalue weighted by molar-refractivity contribution is -0.384. The largest absolute Gasteiger partial charge is 0.334 e. The van der Waals surface area contributed by atoms with Gasteiger partial charge in [-0.3, -0.25) is 10.1 Å². The molecule has 8 heteroatoms. The molecule has 1 aromatic heterocycles. The Hall–Kier alpha value is -1.99. The van der Waals surface area contributed by atoms with Gasteiger partial charge in [0.25, 0.3) is 11.6 Å². The summed E-state index contributed by atoms with van der Waals surface area (Å²) >= 11 is 5.82. The van der Waals surface area contributed by atoms with E-state index >= 15 is 0 Å². The molecule has 1 atom stereocenters. The zero-order valence-corrected chi connectivity index (χ0v) is 10.8. The molecule has 0 radical (unpaired) electrons. The number of nitro benzene ring substituents is 1. The number of hydrogen-bond donors (Lipinski definition) is 1.